The van der Waals surface area contributed by atoms with Crippen molar-refractivity contribution < 1.29 is 56.9 Å². The van der Waals surface area contributed by atoms with Crippen LogP contribution in [0, 0.1) is 0 Å². The molecule has 6 aromatic carbocycles. The van der Waals surface area contributed by atoms with Gasteiger partial charge in [-0.3, -0.25) is 0 Å². The van der Waals surface area contributed by atoms with Gasteiger partial charge >= 0.3 is 5.97 Å². The van der Waals surface area contributed by atoms with Crippen LogP contribution in [0.5, 0.6) is 0 Å². The molecule has 12 nitrogen and oxygen atoms in total. The Labute approximate surface area is 440 Å². The van der Waals surface area contributed by atoms with Gasteiger partial charge in [-0.25, -0.2) is 4.79 Å². The highest BCUT2D eigenvalue weighted by molar-refractivity contribution is 5.89. The van der Waals surface area contributed by atoms with Gasteiger partial charge in [-0.05, 0) is 52.8 Å². The van der Waals surface area contributed by atoms with Gasteiger partial charge in [-0.15, -0.1) is 6.58 Å². The van der Waals surface area contributed by atoms with Crippen molar-refractivity contribution in [3.8, 4) is 0 Å². The third kappa shape index (κ3) is 13.6. The molecule has 2 heterocycles. The first-order valence-electron chi connectivity index (χ1n) is 26.4. The third-order valence-corrected chi connectivity index (χ3v) is 14.3. The van der Waals surface area contributed by atoms with Crippen LogP contribution in [-0.2, 0) is 85.1 Å². The number of esters is 1. The Hall–Kier alpha value is -5.87. The van der Waals surface area contributed by atoms with Crippen LogP contribution in [0.3, 0.4) is 0 Å². The van der Waals surface area contributed by atoms with Crippen molar-refractivity contribution in [2.75, 3.05) is 13.2 Å². The van der Waals surface area contributed by atoms with Gasteiger partial charge in [-0.1, -0.05) is 182 Å². The highest BCUT2D eigenvalue weighted by Gasteiger charge is 2.64. The summed E-state index contributed by atoms with van der Waals surface area (Å²) in [5.41, 5.74) is 5.16. The predicted octanol–water partition coefficient (Wildman–Crippen LogP) is 10.9. The molecule has 0 radical (unpaired) electrons. The Bertz CT molecular complexity index is 2620. The molecule has 75 heavy (non-hydrogen) atoms. The van der Waals surface area contributed by atoms with Crippen LogP contribution in [-0.4, -0.2) is 92.3 Å². The number of rotatable bonds is 23. The molecule has 2 aliphatic heterocycles. The van der Waals surface area contributed by atoms with Crippen LogP contribution in [0.1, 0.15) is 70.3 Å². The molecule has 0 N–H and O–H groups in total. The van der Waals surface area contributed by atoms with Crippen LogP contribution in [0.25, 0.3) is 0 Å². The van der Waals surface area contributed by atoms with Crippen molar-refractivity contribution in [3.05, 3.63) is 228 Å². The number of carbonyl (C=O) groups is 1. The molecule has 12 heteroatoms. The second-order valence-electron chi connectivity index (χ2n) is 19.6. The molecule has 6 aromatic rings. The molecule has 4 fully saturated rings. The number of ether oxygens (including phenoxy) is 11. The van der Waals surface area contributed by atoms with E-state index >= 15 is 0 Å². The van der Waals surface area contributed by atoms with E-state index in [1.54, 1.807) is 30.3 Å². The Morgan fingerprint density at radius 2 is 0.893 bits per heavy atom. The van der Waals surface area contributed by atoms with Gasteiger partial charge in [-0.2, -0.15) is 0 Å². The fraction of sp³-hybridized carbons (Fsp3) is 0.381. The van der Waals surface area contributed by atoms with Gasteiger partial charge in [0.15, 0.2) is 18.2 Å². The lowest BCUT2D eigenvalue weighted by Gasteiger charge is -2.50. The normalized spacial score (nSPS) is 27.1. The van der Waals surface area contributed by atoms with Crippen molar-refractivity contribution in [2.45, 2.75) is 138 Å². The van der Waals surface area contributed by atoms with E-state index in [0.717, 1.165) is 47.1 Å². The maximum atomic E-state index is 14.5. The van der Waals surface area contributed by atoms with E-state index in [1.807, 2.05) is 158 Å². The van der Waals surface area contributed by atoms with Gasteiger partial charge < -0.3 is 52.1 Å². The van der Waals surface area contributed by atoms with Gasteiger partial charge in [0, 0.05) is 12.8 Å². The molecule has 10 rings (SSSR count). The summed E-state index contributed by atoms with van der Waals surface area (Å²) in [5.74, 6) is -1.50. The molecule has 11 atom stereocenters. The van der Waals surface area contributed by atoms with E-state index < -0.39 is 79.1 Å². The molecule has 2 aliphatic carbocycles. The third-order valence-electron chi connectivity index (χ3n) is 14.3. The van der Waals surface area contributed by atoms with Crippen LogP contribution >= 0.6 is 0 Å². The quantitative estimate of drug-likeness (QED) is 0.0449. The zero-order valence-corrected chi connectivity index (χ0v) is 42.3. The summed E-state index contributed by atoms with van der Waals surface area (Å²) in [6.07, 6.45) is -3.82. The maximum Gasteiger partial charge on any atom is 0.338 e. The largest absolute Gasteiger partial charge is 0.450 e. The smallest absolute Gasteiger partial charge is 0.338 e. The first kappa shape index (κ1) is 52.6. The highest BCUT2D eigenvalue weighted by atomic mass is 16.8. The summed E-state index contributed by atoms with van der Waals surface area (Å²) < 4.78 is 77.5. The van der Waals surface area contributed by atoms with Gasteiger partial charge in [0.2, 0.25) is 0 Å². The molecule has 0 unspecified atom stereocenters. The van der Waals surface area contributed by atoms with Crippen LogP contribution < -0.4 is 0 Å². The maximum absolute atomic E-state index is 14.5. The van der Waals surface area contributed by atoms with Crippen molar-refractivity contribution in [1.29, 1.82) is 0 Å². The van der Waals surface area contributed by atoms with Crippen molar-refractivity contribution in [2.24, 2.45) is 0 Å². The number of fused-ring (bicyclic) bond motifs is 1. The van der Waals surface area contributed by atoms with E-state index in [9.17, 15) is 4.79 Å². The summed E-state index contributed by atoms with van der Waals surface area (Å²) in [6, 6.07) is 58.8. The number of benzene rings is 6. The summed E-state index contributed by atoms with van der Waals surface area (Å²) in [5, 5.41) is 0. The Morgan fingerprint density at radius 3 is 1.37 bits per heavy atom. The SMILES string of the molecule is C=CCO[C@H]1[C@H](OCc2ccccc2)[C@@H](OC(=O)c2ccccc2)[C@H](O[C@@H]2[C@@H](OCc3ccccc3)[C@H](OCc3ccccc3)[C@@H](OCc3ccccc3)[C@H]3OC4(CCCCC4)O[C@@H]23)O[C@@H]1COCc1ccccc1. The lowest BCUT2D eigenvalue weighted by Crippen LogP contribution is -2.68. The van der Waals surface area contributed by atoms with Crippen LogP contribution in [0.15, 0.2) is 195 Å². The first-order valence-corrected chi connectivity index (χ1v) is 26.4. The molecule has 0 amide bonds. The van der Waals surface area contributed by atoms with E-state index in [0.29, 0.717) is 25.0 Å². The Morgan fingerprint density at radius 1 is 0.480 bits per heavy atom. The average molecular weight is 1020 g/mol. The zero-order chi connectivity index (χ0) is 51.1. The lowest BCUT2D eigenvalue weighted by molar-refractivity contribution is -0.348. The van der Waals surface area contributed by atoms with Gasteiger partial charge in [0.25, 0.3) is 0 Å². The first-order chi connectivity index (χ1) is 37.0. The molecule has 392 valence electrons. The molecule has 1 spiro atoms. The second-order valence-corrected chi connectivity index (χ2v) is 19.6. The molecule has 0 aromatic heterocycles. The van der Waals surface area contributed by atoms with Gasteiger partial charge in [0.05, 0.1) is 51.8 Å². The lowest BCUT2D eigenvalue weighted by atomic mass is 9.83. The monoisotopic (exact) mass is 1020 g/mol. The van der Waals surface area contributed by atoms with Crippen molar-refractivity contribution in [1.82, 2.24) is 0 Å². The standard InChI is InChI=1S/C63H68O12/c1-2-38-66-52-51(44-65-39-45-24-10-3-11-25-45)71-62(60(72-61(64)50-34-20-8-21-35-50)53(52)67-40-46-26-12-4-13-27-46)73-57-55(69-42-48-30-16-6-17-31-48)54(68-41-47-28-14-5-15-29-47)56(70-43-49-32-18-7-19-33-49)58-59(57)75-63(74-58)36-22-9-23-37-63/h2-8,10-21,24-35,51-60,62H,1,9,22-23,36-44H2/t51-,52-,53+,54+,55+,56-,57-,58-,59+,60-,62+/m1/s1. The molecule has 0 bridgehead atoms. The molecule has 2 saturated carbocycles. The Kier molecular flexibility index (Phi) is 18.4. The molecule has 2 saturated heterocycles. The summed E-state index contributed by atoms with van der Waals surface area (Å²) in [4.78, 5) is 14.5. The summed E-state index contributed by atoms with van der Waals surface area (Å²) >= 11 is 0. The molecule has 4 aliphatic rings. The zero-order valence-electron chi connectivity index (χ0n) is 42.3. The van der Waals surface area contributed by atoms with Crippen LogP contribution in [0.4, 0.5) is 0 Å². The number of carbonyl (C=O) groups excluding carboxylic acids is 1. The van der Waals surface area contributed by atoms with E-state index in [4.69, 9.17) is 52.1 Å². The topological polar surface area (TPSA) is 119 Å². The highest BCUT2D eigenvalue weighted by Crippen LogP contribution is 2.48. The minimum absolute atomic E-state index is 0.0761. The van der Waals surface area contributed by atoms with E-state index in [1.165, 1.54) is 0 Å². The van der Waals surface area contributed by atoms with Crippen molar-refractivity contribution in [3.63, 3.8) is 0 Å². The fourth-order valence-corrected chi connectivity index (χ4v) is 10.6. The van der Waals surface area contributed by atoms with Crippen LogP contribution in [0.2, 0.25) is 0 Å². The average Bonchev–Trinajstić information content (AvgIpc) is 3.87. The van der Waals surface area contributed by atoms with Crippen molar-refractivity contribution >= 4 is 5.97 Å². The summed E-state index contributed by atoms with van der Waals surface area (Å²) in [6.45, 7) is 5.41. The summed E-state index contributed by atoms with van der Waals surface area (Å²) in [7, 11) is 0. The number of hydrogen-bond donors (Lipinski definition) is 0. The fourth-order valence-electron chi connectivity index (χ4n) is 10.6. The molecular formula is C63H68O12. The molecular weight excluding hydrogens is 949 g/mol. The second kappa shape index (κ2) is 26.3. The van der Waals surface area contributed by atoms with E-state index in [2.05, 4.69) is 6.58 Å². The minimum atomic E-state index is -1.30. The van der Waals surface area contributed by atoms with Gasteiger partial charge in [0.1, 0.15) is 54.9 Å². The predicted molar refractivity (Wildman–Crippen MR) is 281 cm³/mol. The minimum Gasteiger partial charge on any atom is -0.450 e. The van der Waals surface area contributed by atoms with E-state index in [-0.39, 0.29) is 39.6 Å². The number of hydrogen-bond acceptors (Lipinski definition) is 12. The Balaban J connectivity index is 1.08.